The van der Waals surface area contributed by atoms with Crippen molar-refractivity contribution in [2.45, 2.75) is 18.9 Å². The molecule has 1 unspecified atom stereocenters. The Morgan fingerprint density at radius 3 is 3.00 bits per heavy atom. The first-order valence-corrected chi connectivity index (χ1v) is 6.53. The Balaban J connectivity index is 1.89. The molecular formula is C14H18N4O. The van der Waals surface area contributed by atoms with E-state index >= 15 is 0 Å². The minimum absolute atomic E-state index is 0.0521. The van der Waals surface area contributed by atoms with Gasteiger partial charge in [-0.2, -0.15) is 0 Å². The van der Waals surface area contributed by atoms with Crippen molar-refractivity contribution in [1.29, 1.82) is 0 Å². The number of hydrogen-bond acceptors (Lipinski definition) is 2. The Bertz CT molecular complexity index is 585. The molecule has 1 aliphatic heterocycles. The minimum Gasteiger partial charge on any atom is -0.397 e. The molecule has 1 saturated heterocycles. The maximum Gasteiger partial charge on any atom is 0.271 e. The molecule has 0 saturated carbocycles. The summed E-state index contributed by atoms with van der Waals surface area (Å²) in [4.78, 5) is 17.8. The van der Waals surface area contributed by atoms with Gasteiger partial charge in [-0.25, -0.2) is 0 Å². The Morgan fingerprint density at radius 2 is 2.37 bits per heavy atom. The fourth-order valence-corrected chi connectivity index (χ4v) is 2.83. The monoisotopic (exact) mass is 258 g/mol. The van der Waals surface area contributed by atoms with Crippen LogP contribution in [0.15, 0.2) is 30.6 Å². The van der Waals surface area contributed by atoms with Gasteiger partial charge >= 0.3 is 0 Å². The molecule has 19 heavy (non-hydrogen) atoms. The topological polar surface area (TPSA) is 67.0 Å². The predicted molar refractivity (Wildman–Crippen MR) is 73.6 cm³/mol. The fraction of sp³-hybridized carbons (Fsp3) is 0.357. The van der Waals surface area contributed by atoms with Crippen molar-refractivity contribution in [1.82, 2.24) is 14.5 Å². The van der Waals surface area contributed by atoms with Gasteiger partial charge in [0.2, 0.25) is 0 Å². The van der Waals surface area contributed by atoms with Crippen molar-refractivity contribution in [3.8, 4) is 0 Å². The van der Waals surface area contributed by atoms with E-state index in [0.717, 1.165) is 25.1 Å². The largest absolute Gasteiger partial charge is 0.397 e. The van der Waals surface area contributed by atoms with Crippen LogP contribution in [0.1, 0.15) is 35.1 Å². The number of aromatic amines is 1. The standard InChI is InChI=1S/C14H18N4O/c1-17-9-10(15)8-13(17)14(19)18-7-3-5-12(18)11-4-2-6-16-11/h2,4,6,8-9,12,16H,3,5,7,15H2,1H3. The summed E-state index contributed by atoms with van der Waals surface area (Å²) in [5, 5.41) is 0. The number of likely N-dealkylation sites (tertiary alicyclic amines) is 1. The van der Waals surface area contributed by atoms with Gasteiger partial charge in [0.15, 0.2) is 0 Å². The first kappa shape index (κ1) is 11.9. The maximum atomic E-state index is 12.6. The van der Waals surface area contributed by atoms with Crippen molar-refractivity contribution in [2.75, 3.05) is 12.3 Å². The molecule has 0 aliphatic carbocycles. The van der Waals surface area contributed by atoms with E-state index in [-0.39, 0.29) is 11.9 Å². The van der Waals surface area contributed by atoms with Crippen LogP contribution in [0.5, 0.6) is 0 Å². The summed E-state index contributed by atoms with van der Waals surface area (Å²) in [6, 6.07) is 5.90. The zero-order valence-corrected chi connectivity index (χ0v) is 11.0. The van der Waals surface area contributed by atoms with Gasteiger partial charge in [0, 0.05) is 31.7 Å². The lowest BCUT2D eigenvalue weighted by Crippen LogP contribution is -2.31. The van der Waals surface area contributed by atoms with E-state index in [1.54, 1.807) is 16.8 Å². The second-order valence-corrected chi connectivity index (χ2v) is 5.05. The van der Waals surface area contributed by atoms with Gasteiger partial charge in [-0.15, -0.1) is 0 Å². The summed E-state index contributed by atoms with van der Waals surface area (Å²) < 4.78 is 1.79. The van der Waals surface area contributed by atoms with Crippen molar-refractivity contribution < 1.29 is 4.79 Å². The second kappa shape index (κ2) is 4.50. The van der Waals surface area contributed by atoms with Crippen molar-refractivity contribution in [3.05, 3.63) is 42.0 Å². The number of hydrogen-bond donors (Lipinski definition) is 2. The van der Waals surface area contributed by atoms with Gasteiger partial charge in [-0.3, -0.25) is 4.79 Å². The quantitative estimate of drug-likeness (QED) is 0.864. The molecule has 1 amide bonds. The van der Waals surface area contributed by atoms with Gasteiger partial charge in [0.1, 0.15) is 5.69 Å². The van der Waals surface area contributed by atoms with Crippen LogP contribution in [0.4, 0.5) is 5.69 Å². The van der Waals surface area contributed by atoms with Gasteiger partial charge in [0.25, 0.3) is 5.91 Å². The predicted octanol–water partition coefficient (Wildman–Crippen LogP) is 1.91. The summed E-state index contributed by atoms with van der Waals surface area (Å²) in [6.07, 6.45) is 5.71. The molecule has 1 fully saturated rings. The van der Waals surface area contributed by atoms with E-state index in [2.05, 4.69) is 4.98 Å². The number of nitrogens with two attached hydrogens (primary N) is 1. The molecule has 1 atom stereocenters. The Hall–Kier alpha value is -2.17. The molecule has 0 radical (unpaired) electrons. The lowest BCUT2D eigenvalue weighted by Gasteiger charge is -2.24. The zero-order valence-electron chi connectivity index (χ0n) is 11.0. The zero-order chi connectivity index (χ0) is 13.4. The average molecular weight is 258 g/mol. The highest BCUT2D eigenvalue weighted by Crippen LogP contribution is 2.32. The molecule has 5 heteroatoms. The number of amides is 1. The average Bonchev–Trinajstić information content (AvgIpc) is 3.06. The maximum absolute atomic E-state index is 12.6. The first-order valence-electron chi connectivity index (χ1n) is 6.53. The van der Waals surface area contributed by atoms with Crippen LogP contribution >= 0.6 is 0 Å². The highest BCUT2D eigenvalue weighted by atomic mass is 16.2. The van der Waals surface area contributed by atoms with Crippen LogP contribution < -0.4 is 5.73 Å². The lowest BCUT2D eigenvalue weighted by atomic mass is 10.1. The number of anilines is 1. The third-order valence-electron chi connectivity index (χ3n) is 3.74. The van der Waals surface area contributed by atoms with Crippen LogP contribution in [-0.4, -0.2) is 26.9 Å². The number of H-pyrrole nitrogens is 1. The minimum atomic E-state index is 0.0521. The second-order valence-electron chi connectivity index (χ2n) is 5.05. The van der Waals surface area contributed by atoms with Crippen LogP contribution in [0, 0.1) is 0 Å². The summed E-state index contributed by atoms with van der Waals surface area (Å²) in [5.74, 6) is 0.0521. The van der Waals surface area contributed by atoms with Crippen molar-refractivity contribution in [3.63, 3.8) is 0 Å². The lowest BCUT2D eigenvalue weighted by molar-refractivity contribution is 0.0723. The molecule has 0 spiro atoms. The Labute approximate surface area is 112 Å². The number of rotatable bonds is 2. The van der Waals surface area contributed by atoms with Crippen LogP contribution in [0.2, 0.25) is 0 Å². The van der Waals surface area contributed by atoms with Gasteiger partial charge in [0.05, 0.1) is 11.7 Å². The molecular weight excluding hydrogens is 240 g/mol. The van der Waals surface area contributed by atoms with Gasteiger partial charge in [-0.1, -0.05) is 0 Å². The van der Waals surface area contributed by atoms with E-state index in [9.17, 15) is 4.79 Å². The highest BCUT2D eigenvalue weighted by molar-refractivity contribution is 5.94. The van der Waals surface area contributed by atoms with Gasteiger partial charge < -0.3 is 20.2 Å². The molecule has 5 nitrogen and oxygen atoms in total. The SMILES string of the molecule is Cn1cc(N)cc1C(=O)N1CCCC1c1ccc[nH]1. The smallest absolute Gasteiger partial charge is 0.271 e. The molecule has 100 valence electrons. The molecule has 0 bridgehead atoms. The number of nitrogen functional groups attached to an aromatic ring is 1. The van der Waals surface area contributed by atoms with E-state index in [1.807, 2.05) is 30.3 Å². The van der Waals surface area contributed by atoms with E-state index in [1.165, 1.54) is 0 Å². The molecule has 1 aliphatic rings. The molecule has 3 heterocycles. The van der Waals surface area contributed by atoms with Crippen molar-refractivity contribution >= 4 is 11.6 Å². The van der Waals surface area contributed by atoms with Crippen LogP contribution in [0.25, 0.3) is 0 Å². The third-order valence-corrected chi connectivity index (χ3v) is 3.74. The fourth-order valence-electron chi connectivity index (χ4n) is 2.83. The number of carbonyl (C=O) groups is 1. The summed E-state index contributed by atoms with van der Waals surface area (Å²) in [5.41, 5.74) is 8.13. The molecule has 3 rings (SSSR count). The molecule has 2 aromatic rings. The number of aryl methyl sites for hydroxylation is 1. The number of aromatic nitrogens is 2. The van der Waals surface area contributed by atoms with Crippen LogP contribution in [-0.2, 0) is 7.05 Å². The number of carbonyl (C=O) groups excluding carboxylic acids is 1. The van der Waals surface area contributed by atoms with E-state index in [0.29, 0.717) is 11.4 Å². The number of nitrogens with one attached hydrogen (secondary N) is 1. The van der Waals surface area contributed by atoms with Gasteiger partial charge in [-0.05, 0) is 31.0 Å². The molecule has 2 aromatic heterocycles. The molecule has 0 aromatic carbocycles. The summed E-state index contributed by atoms with van der Waals surface area (Å²) >= 11 is 0. The Morgan fingerprint density at radius 1 is 1.53 bits per heavy atom. The number of nitrogens with zero attached hydrogens (tertiary/aromatic N) is 2. The molecule has 3 N–H and O–H groups in total. The third kappa shape index (κ3) is 2.01. The van der Waals surface area contributed by atoms with Crippen molar-refractivity contribution in [2.24, 2.45) is 7.05 Å². The van der Waals surface area contributed by atoms with E-state index < -0.39 is 0 Å². The van der Waals surface area contributed by atoms with E-state index in [4.69, 9.17) is 5.73 Å². The first-order chi connectivity index (χ1) is 9.16. The Kier molecular flexibility index (Phi) is 2.81. The van der Waals surface area contributed by atoms with Crippen LogP contribution in [0.3, 0.4) is 0 Å². The summed E-state index contributed by atoms with van der Waals surface area (Å²) in [6.45, 7) is 0.799. The normalized spacial score (nSPS) is 19.0. The highest BCUT2D eigenvalue weighted by Gasteiger charge is 2.32. The summed E-state index contributed by atoms with van der Waals surface area (Å²) in [7, 11) is 1.85.